The Labute approximate surface area is 201 Å². The van der Waals surface area contributed by atoms with Gasteiger partial charge in [-0.2, -0.15) is 10.4 Å². The summed E-state index contributed by atoms with van der Waals surface area (Å²) in [4.78, 5) is 13.4. The fraction of sp³-hybridized carbons (Fsp3) is 0.346. The first-order chi connectivity index (χ1) is 16.7. The number of carbonyl (C=O) groups excluding carboxylic acids is 1. The van der Waals surface area contributed by atoms with E-state index in [0.29, 0.717) is 34.6 Å². The number of ketones is 1. The molecule has 2 atom stereocenters. The van der Waals surface area contributed by atoms with Gasteiger partial charge in [0, 0.05) is 17.5 Å². The molecule has 1 fully saturated rings. The zero-order chi connectivity index (χ0) is 25.0. The average molecular weight is 483 g/mol. The number of Topliss-reactive ketones (excluding diaryl/α,β-unsaturated/α-hetero) is 1. The zero-order valence-electron chi connectivity index (χ0n) is 19.0. The summed E-state index contributed by atoms with van der Waals surface area (Å²) >= 11 is 0. The van der Waals surface area contributed by atoms with Crippen LogP contribution in [-0.2, 0) is 0 Å². The number of benzene rings is 2. The molecular formula is C26H25F3N4O2. The second-order valence-electron chi connectivity index (χ2n) is 8.74. The van der Waals surface area contributed by atoms with Crippen LogP contribution in [0.25, 0.3) is 16.9 Å². The van der Waals surface area contributed by atoms with Crippen molar-refractivity contribution in [3.8, 4) is 28.8 Å². The van der Waals surface area contributed by atoms with Gasteiger partial charge in [-0.3, -0.25) is 4.79 Å². The lowest BCUT2D eigenvalue weighted by Gasteiger charge is -2.21. The lowest BCUT2D eigenvalue weighted by molar-refractivity contribution is -0.274. The maximum Gasteiger partial charge on any atom is 0.573 e. The Morgan fingerprint density at radius 2 is 1.71 bits per heavy atom. The Balaban J connectivity index is 1.70. The fourth-order valence-electron chi connectivity index (χ4n) is 4.38. The predicted molar refractivity (Wildman–Crippen MR) is 124 cm³/mol. The van der Waals surface area contributed by atoms with Gasteiger partial charge in [0.05, 0.1) is 23.0 Å². The van der Waals surface area contributed by atoms with E-state index in [1.807, 2.05) is 0 Å². The number of halogens is 3. The van der Waals surface area contributed by atoms with Crippen molar-refractivity contribution in [1.29, 1.82) is 5.26 Å². The lowest BCUT2D eigenvalue weighted by Crippen LogP contribution is -2.25. The van der Waals surface area contributed by atoms with E-state index in [2.05, 4.69) is 15.9 Å². The maximum atomic E-state index is 13.4. The number of rotatable bonds is 5. The Hall–Kier alpha value is -3.64. The van der Waals surface area contributed by atoms with Gasteiger partial charge in [-0.25, -0.2) is 4.68 Å². The fourth-order valence-corrected chi connectivity index (χ4v) is 4.38. The van der Waals surface area contributed by atoms with Gasteiger partial charge >= 0.3 is 6.36 Å². The molecule has 1 aliphatic carbocycles. The molecule has 0 bridgehead atoms. The van der Waals surface area contributed by atoms with Gasteiger partial charge in [0.1, 0.15) is 11.4 Å². The van der Waals surface area contributed by atoms with Crippen LogP contribution in [0.1, 0.15) is 54.6 Å². The summed E-state index contributed by atoms with van der Waals surface area (Å²) in [5, 5.41) is 13.7. The smallest absolute Gasteiger partial charge is 0.406 e. The summed E-state index contributed by atoms with van der Waals surface area (Å²) in [7, 11) is 0. The molecule has 182 valence electrons. The van der Waals surface area contributed by atoms with Crippen molar-refractivity contribution >= 4 is 5.78 Å². The van der Waals surface area contributed by atoms with Crippen LogP contribution < -0.4 is 10.5 Å². The van der Waals surface area contributed by atoms with Crippen LogP contribution >= 0.6 is 0 Å². The van der Waals surface area contributed by atoms with Gasteiger partial charge < -0.3 is 10.5 Å². The van der Waals surface area contributed by atoms with Crippen molar-refractivity contribution in [3.05, 3.63) is 65.9 Å². The van der Waals surface area contributed by atoms with Gasteiger partial charge in [0.15, 0.2) is 5.78 Å². The van der Waals surface area contributed by atoms with Crippen LogP contribution in [0.15, 0.2) is 54.6 Å². The van der Waals surface area contributed by atoms with E-state index >= 15 is 0 Å². The van der Waals surface area contributed by atoms with Crippen molar-refractivity contribution < 1.29 is 22.7 Å². The molecule has 1 saturated carbocycles. The minimum absolute atomic E-state index is 0.0650. The van der Waals surface area contributed by atoms with E-state index < -0.39 is 6.36 Å². The van der Waals surface area contributed by atoms with Crippen molar-refractivity contribution in [1.82, 2.24) is 9.78 Å². The highest BCUT2D eigenvalue weighted by Crippen LogP contribution is 2.30. The summed E-state index contributed by atoms with van der Waals surface area (Å²) in [6, 6.07) is 16.0. The Morgan fingerprint density at radius 3 is 2.37 bits per heavy atom. The normalized spacial score (nSPS) is 18.8. The molecule has 35 heavy (non-hydrogen) atoms. The van der Waals surface area contributed by atoms with E-state index in [1.54, 1.807) is 30.3 Å². The summed E-state index contributed by atoms with van der Waals surface area (Å²) in [5.74, 6) is -0.596. The highest BCUT2D eigenvalue weighted by atomic mass is 19.4. The van der Waals surface area contributed by atoms with E-state index in [-0.39, 0.29) is 23.5 Å². The molecule has 0 spiro atoms. The van der Waals surface area contributed by atoms with Crippen LogP contribution in [0.3, 0.4) is 0 Å². The highest BCUT2D eigenvalue weighted by Gasteiger charge is 2.31. The van der Waals surface area contributed by atoms with Gasteiger partial charge in [0.25, 0.3) is 0 Å². The van der Waals surface area contributed by atoms with Crippen LogP contribution in [0.5, 0.6) is 5.75 Å². The number of nitriles is 1. The average Bonchev–Trinajstić information content (AvgIpc) is 3.26. The molecule has 3 aromatic rings. The van der Waals surface area contributed by atoms with Crippen LogP contribution in [0, 0.1) is 17.2 Å². The second kappa shape index (κ2) is 10.3. The Kier molecular flexibility index (Phi) is 7.22. The molecule has 0 radical (unpaired) electrons. The van der Waals surface area contributed by atoms with E-state index in [4.69, 9.17) is 11.0 Å². The molecule has 1 aromatic heterocycles. The SMILES string of the molecule is N#Cc1ccc(-c2cc(C(=O)C3CCCC[C@@H](N)CC3)nn2-c2ccc(OC(F)(F)F)cc2)cc1. The lowest BCUT2D eigenvalue weighted by atomic mass is 9.85. The molecule has 1 heterocycles. The maximum absolute atomic E-state index is 13.4. The third-order valence-electron chi connectivity index (χ3n) is 6.22. The van der Waals surface area contributed by atoms with Gasteiger partial charge in [-0.1, -0.05) is 25.0 Å². The van der Waals surface area contributed by atoms with Crippen molar-refractivity contribution in [2.24, 2.45) is 11.7 Å². The first kappa shape index (κ1) is 24.5. The molecule has 1 unspecified atom stereocenters. The largest absolute Gasteiger partial charge is 0.573 e. The monoisotopic (exact) mass is 482 g/mol. The molecule has 0 saturated heterocycles. The number of ether oxygens (including phenoxy) is 1. The number of nitrogens with zero attached hydrogens (tertiary/aromatic N) is 3. The van der Waals surface area contributed by atoms with E-state index in [1.165, 1.54) is 28.9 Å². The zero-order valence-corrected chi connectivity index (χ0v) is 19.0. The quantitative estimate of drug-likeness (QED) is 0.465. The molecule has 2 aromatic carbocycles. The number of hydrogen-bond acceptors (Lipinski definition) is 5. The topological polar surface area (TPSA) is 93.9 Å². The van der Waals surface area contributed by atoms with Gasteiger partial charge in [0.2, 0.25) is 0 Å². The first-order valence-corrected chi connectivity index (χ1v) is 11.5. The number of aromatic nitrogens is 2. The third kappa shape index (κ3) is 6.08. The highest BCUT2D eigenvalue weighted by molar-refractivity contribution is 5.97. The van der Waals surface area contributed by atoms with Crippen LogP contribution in [0.4, 0.5) is 13.2 Å². The Bertz CT molecular complexity index is 1210. The molecule has 1 aliphatic rings. The first-order valence-electron chi connectivity index (χ1n) is 11.5. The van der Waals surface area contributed by atoms with Crippen LogP contribution in [0.2, 0.25) is 0 Å². The third-order valence-corrected chi connectivity index (χ3v) is 6.22. The molecule has 4 rings (SSSR count). The number of alkyl halides is 3. The van der Waals surface area contributed by atoms with E-state index in [9.17, 15) is 18.0 Å². The van der Waals surface area contributed by atoms with Gasteiger partial charge in [-0.15, -0.1) is 13.2 Å². The van der Waals surface area contributed by atoms with Gasteiger partial charge in [-0.05, 0) is 68.1 Å². The van der Waals surface area contributed by atoms with Crippen molar-refractivity contribution in [2.45, 2.75) is 50.9 Å². The predicted octanol–water partition coefficient (Wildman–Crippen LogP) is 5.79. The standard InChI is InChI=1S/C26H25F3N4O2/c27-26(28,29)35-22-13-11-21(12-14-22)33-24(18-7-5-17(16-30)6-8-18)15-23(32-33)25(34)19-3-1-2-4-20(31)10-9-19/h5-8,11-15,19-20H,1-4,9-10,31H2/t19?,20-/m1/s1. The van der Waals surface area contributed by atoms with Crippen molar-refractivity contribution in [2.75, 3.05) is 0 Å². The molecule has 0 amide bonds. The number of nitrogens with two attached hydrogens (primary N) is 1. The molecule has 6 nitrogen and oxygen atoms in total. The Morgan fingerprint density at radius 1 is 1.03 bits per heavy atom. The minimum Gasteiger partial charge on any atom is -0.406 e. The summed E-state index contributed by atoms with van der Waals surface area (Å²) in [6.07, 6.45) is 0.333. The summed E-state index contributed by atoms with van der Waals surface area (Å²) in [6.45, 7) is 0. The molecule has 0 aliphatic heterocycles. The molecule has 9 heteroatoms. The minimum atomic E-state index is -4.79. The summed E-state index contributed by atoms with van der Waals surface area (Å²) in [5.41, 5.74) is 8.67. The molecule has 2 N–H and O–H groups in total. The summed E-state index contributed by atoms with van der Waals surface area (Å²) < 4.78 is 43.1. The van der Waals surface area contributed by atoms with E-state index in [0.717, 1.165) is 32.1 Å². The second-order valence-corrected chi connectivity index (χ2v) is 8.74. The van der Waals surface area contributed by atoms with Crippen molar-refractivity contribution in [3.63, 3.8) is 0 Å². The molecular weight excluding hydrogens is 457 g/mol. The van der Waals surface area contributed by atoms with Crippen LogP contribution in [-0.4, -0.2) is 28.0 Å². The number of hydrogen-bond donors (Lipinski definition) is 1. The number of carbonyl (C=O) groups is 1.